The Balaban J connectivity index is 2.26. The molecule has 1 fully saturated rings. The molecular weight excluding hydrogens is 288 g/mol. The Morgan fingerprint density at radius 3 is 2.00 bits per heavy atom. The van der Waals surface area contributed by atoms with Gasteiger partial charge >= 0.3 is 8.56 Å². The van der Waals surface area contributed by atoms with Crippen LogP contribution in [0.3, 0.4) is 0 Å². The van der Waals surface area contributed by atoms with Gasteiger partial charge in [-0.15, -0.1) is 0 Å². The summed E-state index contributed by atoms with van der Waals surface area (Å²) in [6, 6.07) is 2.21. The fourth-order valence-corrected chi connectivity index (χ4v) is 6.12. The van der Waals surface area contributed by atoms with Crippen LogP contribution in [0.15, 0.2) is 0 Å². The van der Waals surface area contributed by atoms with Crippen molar-refractivity contribution in [3.63, 3.8) is 0 Å². The van der Waals surface area contributed by atoms with E-state index in [-0.39, 0.29) is 0 Å². The number of rotatable bonds is 12. The second-order valence-corrected chi connectivity index (χ2v) is 11.0. The van der Waals surface area contributed by atoms with E-state index >= 15 is 0 Å². The lowest BCUT2D eigenvalue weighted by atomic mass is 9.89. The molecule has 0 aromatic carbocycles. The highest BCUT2D eigenvalue weighted by Crippen LogP contribution is 2.30. The molecule has 22 heavy (non-hydrogen) atoms. The number of hydrogen-bond acceptors (Lipinski definition) is 2. The molecular formula is C19H40O2Si. The summed E-state index contributed by atoms with van der Waals surface area (Å²) >= 11 is 0. The van der Waals surface area contributed by atoms with Gasteiger partial charge in [0.05, 0.1) is 0 Å². The van der Waals surface area contributed by atoms with Gasteiger partial charge in [-0.25, -0.2) is 0 Å². The highest BCUT2D eigenvalue weighted by molar-refractivity contribution is 6.67. The van der Waals surface area contributed by atoms with E-state index in [9.17, 15) is 0 Å². The molecule has 0 aliphatic heterocycles. The molecule has 0 N–H and O–H groups in total. The first-order valence-electron chi connectivity index (χ1n) is 9.97. The van der Waals surface area contributed by atoms with E-state index in [2.05, 4.69) is 27.7 Å². The molecule has 0 spiro atoms. The van der Waals surface area contributed by atoms with Gasteiger partial charge in [-0.05, 0) is 50.1 Å². The maximum absolute atomic E-state index is 6.59. The minimum absolute atomic E-state index is 0.479. The van der Waals surface area contributed by atoms with Crippen molar-refractivity contribution in [3.05, 3.63) is 0 Å². The fraction of sp³-hybridized carbons (Fsp3) is 1.00. The Morgan fingerprint density at radius 1 is 0.818 bits per heavy atom. The molecule has 1 saturated carbocycles. The van der Waals surface area contributed by atoms with Crippen molar-refractivity contribution < 1.29 is 8.85 Å². The SMILES string of the molecule is CCCCCCCCO[Si](CC)(CC)OC1CCC(C)CC1. The van der Waals surface area contributed by atoms with Crippen LogP contribution in [0.5, 0.6) is 0 Å². The summed E-state index contributed by atoms with van der Waals surface area (Å²) in [5.41, 5.74) is 0. The summed E-state index contributed by atoms with van der Waals surface area (Å²) in [6.07, 6.45) is 13.6. The zero-order chi connectivity index (χ0) is 16.3. The van der Waals surface area contributed by atoms with Gasteiger partial charge in [0.2, 0.25) is 0 Å². The van der Waals surface area contributed by atoms with Crippen LogP contribution >= 0.6 is 0 Å². The molecule has 0 bridgehead atoms. The van der Waals surface area contributed by atoms with Gasteiger partial charge < -0.3 is 8.85 Å². The largest absolute Gasteiger partial charge is 0.394 e. The van der Waals surface area contributed by atoms with Crippen LogP contribution in [-0.2, 0) is 8.85 Å². The molecule has 2 nitrogen and oxygen atoms in total. The molecule has 0 amide bonds. The standard InChI is InChI=1S/C19H40O2Si/c1-5-8-9-10-11-12-17-20-22(6-2,7-3)21-19-15-13-18(4)14-16-19/h18-19H,5-17H2,1-4H3. The second-order valence-electron chi connectivity index (χ2n) is 7.23. The summed E-state index contributed by atoms with van der Waals surface area (Å²) < 4.78 is 13.0. The zero-order valence-corrected chi connectivity index (χ0v) is 16.7. The molecule has 0 atom stereocenters. The van der Waals surface area contributed by atoms with Crippen LogP contribution in [0.25, 0.3) is 0 Å². The number of hydrogen-bond donors (Lipinski definition) is 0. The van der Waals surface area contributed by atoms with Crippen molar-refractivity contribution in [2.75, 3.05) is 6.61 Å². The average Bonchev–Trinajstić information content (AvgIpc) is 2.55. The van der Waals surface area contributed by atoms with Crippen LogP contribution in [-0.4, -0.2) is 21.3 Å². The van der Waals surface area contributed by atoms with Crippen molar-refractivity contribution in [1.82, 2.24) is 0 Å². The maximum atomic E-state index is 6.59. The lowest BCUT2D eigenvalue weighted by molar-refractivity contribution is 0.0756. The molecule has 0 heterocycles. The molecule has 0 aromatic heterocycles. The first-order valence-corrected chi connectivity index (χ1v) is 12.2. The van der Waals surface area contributed by atoms with E-state index < -0.39 is 8.56 Å². The first-order chi connectivity index (χ1) is 10.7. The highest BCUT2D eigenvalue weighted by atomic mass is 28.4. The molecule has 0 saturated heterocycles. The van der Waals surface area contributed by atoms with Gasteiger partial charge in [0.1, 0.15) is 0 Å². The van der Waals surface area contributed by atoms with E-state index in [1.807, 2.05) is 0 Å². The lowest BCUT2D eigenvalue weighted by Gasteiger charge is -2.36. The lowest BCUT2D eigenvalue weighted by Crippen LogP contribution is -2.45. The third-order valence-corrected chi connectivity index (χ3v) is 8.93. The van der Waals surface area contributed by atoms with E-state index in [1.54, 1.807) is 0 Å². The van der Waals surface area contributed by atoms with Crippen LogP contribution in [0, 0.1) is 5.92 Å². The fourth-order valence-electron chi connectivity index (χ4n) is 3.45. The van der Waals surface area contributed by atoms with E-state index in [0.717, 1.165) is 24.6 Å². The maximum Gasteiger partial charge on any atom is 0.337 e. The molecule has 1 aliphatic carbocycles. The molecule has 3 heteroatoms. The molecule has 132 valence electrons. The summed E-state index contributed by atoms with van der Waals surface area (Å²) in [5, 5.41) is 0. The third kappa shape index (κ3) is 7.61. The summed E-state index contributed by atoms with van der Waals surface area (Å²) in [5.74, 6) is 0.892. The summed E-state index contributed by atoms with van der Waals surface area (Å²) in [4.78, 5) is 0. The Bertz CT molecular complexity index is 258. The zero-order valence-electron chi connectivity index (χ0n) is 15.7. The van der Waals surface area contributed by atoms with Gasteiger partial charge in [-0.2, -0.15) is 0 Å². The summed E-state index contributed by atoms with van der Waals surface area (Å²) in [7, 11) is -1.93. The van der Waals surface area contributed by atoms with Crippen molar-refractivity contribution in [3.8, 4) is 0 Å². The van der Waals surface area contributed by atoms with E-state index in [1.165, 1.54) is 64.2 Å². The third-order valence-electron chi connectivity index (χ3n) is 5.28. The minimum Gasteiger partial charge on any atom is -0.394 e. The van der Waals surface area contributed by atoms with Crippen LogP contribution < -0.4 is 0 Å². The van der Waals surface area contributed by atoms with Crippen molar-refractivity contribution in [2.24, 2.45) is 5.92 Å². The van der Waals surface area contributed by atoms with E-state index in [4.69, 9.17) is 8.85 Å². The van der Waals surface area contributed by atoms with Crippen LogP contribution in [0.4, 0.5) is 0 Å². The van der Waals surface area contributed by atoms with Gasteiger partial charge in [0.15, 0.2) is 0 Å². The van der Waals surface area contributed by atoms with E-state index in [0.29, 0.717) is 6.10 Å². The van der Waals surface area contributed by atoms with Crippen LogP contribution in [0.1, 0.15) is 91.9 Å². The Hall–Kier alpha value is 0.137. The molecule has 0 unspecified atom stereocenters. The predicted octanol–water partition coefficient (Wildman–Crippen LogP) is 6.44. The van der Waals surface area contributed by atoms with Crippen molar-refractivity contribution in [2.45, 2.75) is 110 Å². The molecule has 1 aliphatic rings. The first kappa shape index (κ1) is 20.2. The Kier molecular flexibility index (Phi) is 10.7. The minimum atomic E-state index is -1.93. The quantitative estimate of drug-likeness (QED) is 0.303. The van der Waals surface area contributed by atoms with Gasteiger partial charge in [0, 0.05) is 12.7 Å². The topological polar surface area (TPSA) is 18.5 Å². The van der Waals surface area contributed by atoms with Crippen molar-refractivity contribution >= 4 is 8.56 Å². The number of unbranched alkanes of at least 4 members (excludes halogenated alkanes) is 5. The Labute approximate surface area is 140 Å². The molecule has 0 radical (unpaired) electrons. The monoisotopic (exact) mass is 328 g/mol. The highest BCUT2D eigenvalue weighted by Gasteiger charge is 2.37. The predicted molar refractivity (Wildman–Crippen MR) is 98.5 cm³/mol. The smallest absolute Gasteiger partial charge is 0.337 e. The summed E-state index contributed by atoms with van der Waals surface area (Å²) in [6.45, 7) is 10.1. The van der Waals surface area contributed by atoms with Gasteiger partial charge in [-0.1, -0.05) is 59.8 Å². The molecule has 0 aromatic rings. The molecule has 1 rings (SSSR count). The van der Waals surface area contributed by atoms with Crippen molar-refractivity contribution in [1.29, 1.82) is 0 Å². The van der Waals surface area contributed by atoms with Gasteiger partial charge in [0.25, 0.3) is 0 Å². The van der Waals surface area contributed by atoms with Crippen LogP contribution in [0.2, 0.25) is 12.1 Å². The Morgan fingerprint density at radius 2 is 1.41 bits per heavy atom. The normalized spacial score (nSPS) is 22.9. The second kappa shape index (κ2) is 11.6. The average molecular weight is 329 g/mol. The van der Waals surface area contributed by atoms with Gasteiger partial charge in [-0.3, -0.25) is 0 Å².